The molecule has 4 aromatic carbocycles. The Kier molecular flexibility index (Phi) is 13.7. The number of nitrogens with one attached hydrogen (secondary N) is 1. The highest BCUT2D eigenvalue weighted by Gasteiger charge is 2.35. The summed E-state index contributed by atoms with van der Waals surface area (Å²) in [5.74, 6) is 0.907. The summed E-state index contributed by atoms with van der Waals surface area (Å²) in [7, 11) is 0.0303. The second-order valence-electron chi connectivity index (χ2n) is 12.2. The monoisotopic (exact) mass is 717 g/mol. The van der Waals surface area contributed by atoms with E-state index in [4.69, 9.17) is 18.9 Å². The SMILES string of the molecule is CCOc1ccc(N(CC(=O)N(Cc2cccc(OC)c2)C(Cc2ccccc2)C(=O)NCC(C)C)S(=O)(=O)c2ccc(OC)c(OC)c2)cc1. The van der Waals surface area contributed by atoms with Gasteiger partial charge in [-0.25, -0.2) is 8.42 Å². The Labute approximate surface area is 301 Å². The Bertz CT molecular complexity index is 1850. The lowest BCUT2D eigenvalue weighted by Gasteiger charge is -2.34. The molecule has 11 nitrogen and oxygen atoms in total. The number of nitrogens with zero attached hydrogens (tertiary/aromatic N) is 2. The standard InChI is InChI=1S/C39H47N3O8S/c1-7-50-32-18-16-31(17-19-32)42(51(45,46)34-20-21-36(48-5)37(24-34)49-6)27-38(43)41(26-30-14-11-15-33(22-30)47-4)35(39(44)40-25-28(2)3)23-29-12-9-8-10-13-29/h8-22,24,28,35H,7,23,25-27H2,1-6H3,(H,40,44). The Hall–Kier alpha value is -5.23. The van der Waals surface area contributed by atoms with E-state index in [1.807, 2.05) is 57.2 Å². The molecular weight excluding hydrogens is 671 g/mol. The van der Waals surface area contributed by atoms with Gasteiger partial charge >= 0.3 is 0 Å². The maximum atomic E-state index is 14.8. The lowest BCUT2D eigenvalue weighted by Crippen LogP contribution is -2.53. The van der Waals surface area contributed by atoms with Gasteiger partial charge in [0.2, 0.25) is 11.8 Å². The molecule has 4 aromatic rings. The van der Waals surface area contributed by atoms with Crippen molar-refractivity contribution in [2.45, 2.75) is 44.7 Å². The molecular formula is C39H47N3O8S. The molecule has 0 fully saturated rings. The van der Waals surface area contributed by atoms with Crippen molar-refractivity contribution >= 4 is 27.5 Å². The zero-order valence-corrected chi connectivity index (χ0v) is 30.8. The molecule has 1 atom stereocenters. The fourth-order valence-corrected chi connectivity index (χ4v) is 6.88. The number of hydrogen-bond acceptors (Lipinski definition) is 8. The van der Waals surface area contributed by atoms with Crippen LogP contribution < -0.4 is 28.6 Å². The molecule has 0 saturated heterocycles. The van der Waals surface area contributed by atoms with Crippen molar-refractivity contribution in [3.63, 3.8) is 0 Å². The van der Waals surface area contributed by atoms with Crippen LogP contribution in [0.15, 0.2) is 102 Å². The predicted molar refractivity (Wildman–Crippen MR) is 197 cm³/mol. The van der Waals surface area contributed by atoms with Crippen LogP contribution in [0.5, 0.6) is 23.0 Å². The molecule has 0 aliphatic carbocycles. The lowest BCUT2D eigenvalue weighted by atomic mass is 10.0. The van der Waals surface area contributed by atoms with Crippen molar-refractivity contribution in [1.29, 1.82) is 0 Å². The van der Waals surface area contributed by atoms with Crippen molar-refractivity contribution in [1.82, 2.24) is 10.2 Å². The van der Waals surface area contributed by atoms with Gasteiger partial charge in [0.05, 0.1) is 38.5 Å². The smallest absolute Gasteiger partial charge is 0.264 e. The van der Waals surface area contributed by atoms with Crippen LogP contribution in [0.4, 0.5) is 5.69 Å². The number of ether oxygens (including phenoxy) is 4. The van der Waals surface area contributed by atoms with E-state index in [1.54, 1.807) is 49.6 Å². The lowest BCUT2D eigenvalue weighted by molar-refractivity contribution is -0.140. The summed E-state index contributed by atoms with van der Waals surface area (Å²) in [6, 6.07) is 26.3. The van der Waals surface area contributed by atoms with Gasteiger partial charge in [-0.15, -0.1) is 0 Å². The highest BCUT2D eigenvalue weighted by atomic mass is 32.2. The largest absolute Gasteiger partial charge is 0.497 e. The van der Waals surface area contributed by atoms with Gasteiger partial charge in [0.15, 0.2) is 11.5 Å². The number of rotatable bonds is 18. The van der Waals surface area contributed by atoms with Crippen LogP contribution in [0.1, 0.15) is 31.9 Å². The number of carbonyl (C=O) groups is 2. The molecule has 1 unspecified atom stereocenters. The molecule has 0 aliphatic rings. The van der Waals surface area contributed by atoms with E-state index in [0.717, 1.165) is 9.87 Å². The first-order chi connectivity index (χ1) is 24.5. The van der Waals surface area contributed by atoms with Crippen molar-refractivity contribution in [3.05, 3.63) is 108 Å². The van der Waals surface area contributed by atoms with Crippen molar-refractivity contribution < 1.29 is 37.0 Å². The summed E-state index contributed by atoms with van der Waals surface area (Å²) >= 11 is 0. The van der Waals surface area contributed by atoms with Crippen LogP contribution in [-0.2, 0) is 32.6 Å². The first-order valence-corrected chi connectivity index (χ1v) is 18.2. The Morgan fingerprint density at radius 3 is 2.08 bits per heavy atom. The fourth-order valence-electron chi connectivity index (χ4n) is 5.45. The van der Waals surface area contributed by atoms with Crippen LogP contribution >= 0.6 is 0 Å². The molecule has 0 aliphatic heterocycles. The summed E-state index contributed by atoms with van der Waals surface area (Å²) in [5, 5.41) is 3.00. The Morgan fingerprint density at radius 2 is 1.45 bits per heavy atom. The van der Waals surface area contributed by atoms with E-state index in [-0.39, 0.29) is 41.1 Å². The number of benzene rings is 4. The third-order valence-electron chi connectivity index (χ3n) is 8.10. The molecule has 0 aromatic heterocycles. The van der Waals surface area contributed by atoms with Gasteiger partial charge in [-0.3, -0.25) is 13.9 Å². The summed E-state index contributed by atoms with van der Waals surface area (Å²) in [6.45, 7) is 6.04. The first-order valence-electron chi connectivity index (χ1n) is 16.7. The normalized spacial score (nSPS) is 11.7. The molecule has 12 heteroatoms. The third kappa shape index (κ3) is 10.2. The van der Waals surface area contributed by atoms with E-state index in [9.17, 15) is 18.0 Å². The van der Waals surface area contributed by atoms with Gasteiger partial charge in [0, 0.05) is 25.6 Å². The molecule has 4 rings (SSSR count). The minimum absolute atomic E-state index is 0.0101. The van der Waals surface area contributed by atoms with Crippen LogP contribution in [0.3, 0.4) is 0 Å². The van der Waals surface area contributed by atoms with Gasteiger partial charge in [-0.2, -0.15) is 0 Å². The fraction of sp³-hybridized carbons (Fsp3) is 0.333. The van der Waals surface area contributed by atoms with Crippen molar-refractivity contribution in [2.75, 3.05) is 45.3 Å². The van der Waals surface area contributed by atoms with Gasteiger partial charge in [-0.05, 0) is 72.5 Å². The maximum absolute atomic E-state index is 14.8. The highest BCUT2D eigenvalue weighted by Crippen LogP contribution is 2.33. The molecule has 0 heterocycles. The van der Waals surface area contributed by atoms with E-state index in [1.165, 1.54) is 37.3 Å². The predicted octanol–water partition coefficient (Wildman–Crippen LogP) is 5.72. The molecule has 272 valence electrons. The maximum Gasteiger partial charge on any atom is 0.264 e. The van der Waals surface area contributed by atoms with Crippen LogP contribution in [0.2, 0.25) is 0 Å². The molecule has 0 radical (unpaired) electrons. The summed E-state index contributed by atoms with van der Waals surface area (Å²) in [5.41, 5.74) is 1.77. The van der Waals surface area contributed by atoms with Crippen molar-refractivity contribution in [3.8, 4) is 23.0 Å². The van der Waals surface area contributed by atoms with E-state index >= 15 is 0 Å². The van der Waals surface area contributed by atoms with E-state index in [0.29, 0.717) is 36.0 Å². The second kappa shape index (κ2) is 18.1. The van der Waals surface area contributed by atoms with Crippen LogP contribution in [0, 0.1) is 5.92 Å². The molecule has 0 saturated carbocycles. The third-order valence-corrected chi connectivity index (χ3v) is 9.87. The average Bonchev–Trinajstić information content (AvgIpc) is 3.14. The van der Waals surface area contributed by atoms with Crippen molar-refractivity contribution in [2.24, 2.45) is 5.92 Å². The van der Waals surface area contributed by atoms with Gasteiger partial charge in [-0.1, -0.05) is 56.3 Å². The quantitative estimate of drug-likeness (QED) is 0.139. The highest BCUT2D eigenvalue weighted by molar-refractivity contribution is 7.92. The number of anilines is 1. The average molecular weight is 718 g/mol. The summed E-state index contributed by atoms with van der Waals surface area (Å²) in [4.78, 5) is 30.1. The Balaban J connectivity index is 1.84. The van der Waals surface area contributed by atoms with Crippen LogP contribution in [0.25, 0.3) is 0 Å². The topological polar surface area (TPSA) is 124 Å². The van der Waals surface area contributed by atoms with Gasteiger partial charge < -0.3 is 29.2 Å². The number of hydrogen-bond donors (Lipinski definition) is 1. The summed E-state index contributed by atoms with van der Waals surface area (Å²) < 4.78 is 51.8. The zero-order valence-electron chi connectivity index (χ0n) is 30.0. The number of methoxy groups -OCH3 is 3. The van der Waals surface area contributed by atoms with E-state index in [2.05, 4.69) is 5.32 Å². The molecule has 1 N–H and O–H groups in total. The number of sulfonamides is 1. The van der Waals surface area contributed by atoms with Gasteiger partial charge in [0.25, 0.3) is 10.0 Å². The number of carbonyl (C=O) groups excluding carboxylic acids is 2. The molecule has 0 bridgehead atoms. The minimum Gasteiger partial charge on any atom is -0.497 e. The molecule has 2 amide bonds. The first kappa shape index (κ1) is 38.6. The summed E-state index contributed by atoms with van der Waals surface area (Å²) in [6.07, 6.45) is 0.200. The minimum atomic E-state index is -4.39. The number of amides is 2. The zero-order chi connectivity index (χ0) is 37.0. The second-order valence-corrected chi connectivity index (χ2v) is 14.0. The van der Waals surface area contributed by atoms with E-state index < -0.39 is 28.5 Å². The molecule has 51 heavy (non-hydrogen) atoms. The Morgan fingerprint density at radius 1 is 0.765 bits per heavy atom. The van der Waals surface area contributed by atoms with Gasteiger partial charge in [0.1, 0.15) is 24.1 Å². The molecule has 0 spiro atoms. The van der Waals surface area contributed by atoms with Crippen LogP contribution in [-0.4, -0.2) is 72.2 Å².